The molecule has 0 saturated carbocycles. The van der Waals surface area contributed by atoms with E-state index in [2.05, 4.69) is 20.3 Å². The van der Waals surface area contributed by atoms with Crippen LogP contribution in [0.4, 0.5) is 11.6 Å². The van der Waals surface area contributed by atoms with Crippen LogP contribution in [0.15, 0.2) is 34.1 Å². The van der Waals surface area contributed by atoms with E-state index in [1.165, 1.54) is 6.07 Å². The summed E-state index contributed by atoms with van der Waals surface area (Å²) < 4.78 is 0. The van der Waals surface area contributed by atoms with E-state index in [4.69, 9.17) is 17.3 Å². The first kappa shape index (κ1) is 16.0. The molecule has 0 saturated heterocycles. The fourth-order valence-corrected chi connectivity index (χ4v) is 2.07. The number of halogens is 1. The number of aromatic nitrogens is 2. The minimum Gasteiger partial charge on any atom is -0.369 e. The molecule has 0 radical (unpaired) electrons. The number of guanidine groups is 1. The van der Waals surface area contributed by atoms with Crippen LogP contribution in [0.25, 0.3) is 0 Å². The van der Waals surface area contributed by atoms with Crippen LogP contribution in [0.3, 0.4) is 0 Å². The third-order valence-corrected chi connectivity index (χ3v) is 3.37. The zero-order chi connectivity index (χ0) is 16.1. The maximum Gasteiger partial charge on any atom is 0.252 e. The van der Waals surface area contributed by atoms with E-state index in [0.717, 1.165) is 12.0 Å². The first-order valence-electron chi connectivity index (χ1n) is 6.95. The fraction of sp³-hybridized carbons (Fsp3) is 0.267. The second-order valence-electron chi connectivity index (χ2n) is 4.90. The van der Waals surface area contributed by atoms with Gasteiger partial charge in [0, 0.05) is 22.5 Å². The lowest BCUT2D eigenvalue weighted by Crippen LogP contribution is -2.22. The molecule has 0 atom stereocenters. The molecule has 2 aromatic rings. The Kier molecular flexibility index (Phi) is 5.16. The van der Waals surface area contributed by atoms with Gasteiger partial charge in [-0.25, -0.2) is 4.98 Å². The van der Waals surface area contributed by atoms with Crippen LogP contribution in [0.1, 0.15) is 24.6 Å². The summed E-state index contributed by atoms with van der Waals surface area (Å²) in [6, 6.07) is 6.93. The Balaban J connectivity index is 2.21. The lowest BCUT2D eigenvalue weighted by Gasteiger charge is -2.07. The van der Waals surface area contributed by atoms with E-state index >= 15 is 0 Å². The van der Waals surface area contributed by atoms with Crippen LogP contribution in [-0.4, -0.2) is 15.9 Å². The highest BCUT2D eigenvalue weighted by atomic mass is 35.5. The number of nitrogens with two attached hydrogens (primary N) is 1. The highest BCUT2D eigenvalue weighted by Crippen LogP contribution is 2.19. The summed E-state index contributed by atoms with van der Waals surface area (Å²) in [5.41, 5.74) is 7.96. The molecule has 0 aliphatic carbocycles. The number of H-pyrrole nitrogens is 1. The van der Waals surface area contributed by atoms with Crippen molar-refractivity contribution in [2.45, 2.75) is 26.7 Å². The van der Waals surface area contributed by atoms with E-state index in [1.807, 2.05) is 26.0 Å². The van der Waals surface area contributed by atoms with Crippen molar-refractivity contribution in [2.24, 2.45) is 10.7 Å². The molecular formula is C15H18ClN5O. The summed E-state index contributed by atoms with van der Waals surface area (Å²) in [6.45, 7) is 3.93. The minimum atomic E-state index is -0.247. The molecule has 6 nitrogen and oxygen atoms in total. The highest BCUT2D eigenvalue weighted by molar-refractivity contribution is 6.31. The van der Waals surface area contributed by atoms with Gasteiger partial charge in [0.2, 0.25) is 11.9 Å². The Labute approximate surface area is 133 Å². The Morgan fingerprint density at radius 1 is 1.45 bits per heavy atom. The molecule has 22 heavy (non-hydrogen) atoms. The summed E-state index contributed by atoms with van der Waals surface area (Å²) in [5.74, 6) is 0.302. The average molecular weight is 320 g/mol. The second-order valence-corrected chi connectivity index (χ2v) is 5.30. The zero-order valence-corrected chi connectivity index (χ0v) is 13.2. The smallest absolute Gasteiger partial charge is 0.252 e. The van der Waals surface area contributed by atoms with Gasteiger partial charge in [0.1, 0.15) is 0 Å². The predicted octanol–water partition coefficient (Wildman–Crippen LogP) is 2.74. The second kappa shape index (κ2) is 7.09. The standard InChI is InChI=1S/C15H18ClN5O/c1-3-4-10-8-13(22)20-15(19-10)21-14(17)18-11-6-5-9(2)12(16)7-11/h5-8H,3-4H2,1-2H3,(H4,17,18,19,20,21,22). The normalized spacial score (nSPS) is 11.5. The Hall–Kier alpha value is -2.34. The van der Waals surface area contributed by atoms with Gasteiger partial charge in [-0.2, -0.15) is 4.99 Å². The lowest BCUT2D eigenvalue weighted by molar-refractivity contribution is 0.866. The number of hydrogen-bond acceptors (Lipinski definition) is 3. The summed E-state index contributed by atoms with van der Waals surface area (Å²) in [7, 11) is 0. The van der Waals surface area contributed by atoms with E-state index in [0.29, 0.717) is 22.8 Å². The molecule has 7 heteroatoms. The van der Waals surface area contributed by atoms with Crippen LogP contribution in [0, 0.1) is 6.92 Å². The first-order chi connectivity index (χ1) is 10.5. The lowest BCUT2D eigenvalue weighted by atomic mass is 10.2. The molecular weight excluding hydrogens is 302 g/mol. The summed E-state index contributed by atoms with van der Waals surface area (Å²) in [6.07, 6.45) is 1.61. The molecule has 0 spiro atoms. The average Bonchev–Trinajstić information content (AvgIpc) is 2.42. The summed E-state index contributed by atoms with van der Waals surface area (Å²) >= 11 is 6.05. The van der Waals surface area contributed by atoms with Crippen molar-refractivity contribution in [3.05, 3.63) is 50.9 Å². The van der Waals surface area contributed by atoms with Crippen molar-refractivity contribution in [3.63, 3.8) is 0 Å². The molecule has 0 unspecified atom stereocenters. The van der Waals surface area contributed by atoms with Gasteiger partial charge in [-0.3, -0.25) is 9.78 Å². The minimum absolute atomic E-state index is 0.122. The van der Waals surface area contributed by atoms with Crippen molar-refractivity contribution in [1.29, 1.82) is 0 Å². The molecule has 0 amide bonds. The molecule has 1 heterocycles. The van der Waals surface area contributed by atoms with Gasteiger partial charge >= 0.3 is 0 Å². The van der Waals surface area contributed by atoms with Crippen molar-refractivity contribution < 1.29 is 0 Å². The summed E-state index contributed by atoms with van der Waals surface area (Å²) in [5, 5.41) is 3.54. The predicted molar refractivity (Wildman–Crippen MR) is 89.9 cm³/mol. The molecule has 0 aliphatic rings. The zero-order valence-electron chi connectivity index (χ0n) is 12.5. The van der Waals surface area contributed by atoms with Crippen molar-refractivity contribution in [3.8, 4) is 0 Å². The maximum absolute atomic E-state index is 11.6. The van der Waals surface area contributed by atoms with Crippen LogP contribution >= 0.6 is 11.6 Å². The van der Waals surface area contributed by atoms with Gasteiger partial charge in [0.05, 0.1) is 0 Å². The molecule has 0 aliphatic heterocycles. The number of benzene rings is 1. The van der Waals surface area contributed by atoms with Gasteiger partial charge in [-0.1, -0.05) is 31.0 Å². The fourth-order valence-electron chi connectivity index (χ4n) is 1.89. The number of nitrogens with zero attached hydrogens (tertiary/aromatic N) is 2. The number of nitrogens with one attached hydrogen (secondary N) is 2. The van der Waals surface area contributed by atoms with Gasteiger partial charge in [0.25, 0.3) is 5.56 Å². The third-order valence-electron chi connectivity index (χ3n) is 2.96. The van der Waals surface area contributed by atoms with Gasteiger partial charge < -0.3 is 11.1 Å². The molecule has 0 fully saturated rings. The number of anilines is 1. The molecule has 4 N–H and O–H groups in total. The van der Waals surface area contributed by atoms with E-state index in [1.54, 1.807) is 6.07 Å². The van der Waals surface area contributed by atoms with Crippen molar-refractivity contribution >= 4 is 29.2 Å². The maximum atomic E-state index is 11.6. The van der Waals surface area contributed by atoms with Crippen molar-refractivity contribution in [2.75, 3.05) is 5.32 Å². The van der Waals surface area contributed by atoms with Crippen molar-refractivity contribution in [1.82, 2.24) is 9.97 Å². The monoisotopic (exact) mass is 319 g/mol. The van der Waals surface area contributed by atoms with E-state index in [9.17, 15) is 4.79 Å². The number of rotatable bonds is 4. The van der Waals surface area contributed by atoms with Crippen LogP contribution in [0.5, 0.6) is 0 Å². The molecule has 2 rings (SSSR count). The number of aryl methyl sites for hydroxylation is 2. The molecule has 0 bridgehead atoms. The Morgan fingerprint density at radius 3 is 2.91 bits per heavy atom. The van der Waals surface area contributed by atoms with Crippen LogP contribution < -0.4 is 16.6 Å². The topological polar surface area (TPSA) is 96.2 Å². The van der Waals surface area contributed by atoms with Gasteiger partial charge in [-0.15, -0.1) is 0 Å². The number of aliphatic imine (C=N–C) groups is 1. The SMILES string of the molecule is CCCc1cc(=O)[nH]c(N=C(N)Nc2ccc(C)c(Cl)c2)n1. The molecule has 1 aromatic heterocycles. The van der Waals surface area contributed by atoms with Crippen LogP contribution in [0.2, 0.25) is 5.02 Å². The van der Waals surface area contributed by atoms with Gasteiger partial charge in [0.15, 0.2) is 0 Å². The van der Waals surface area contributed by atoms with Crippen LogP contribution in [-0.2, 0) is 6.42 Å². The highest BCUT2D eigenvalue weighted by Gasteiger charge is 2.03. The first-order valence-corrected chi connectivity index (χ1v) is 7.33. The Morgan fingerprint density at radius 2 is 2.23 bits per heavy atom. The number of hydrogen-bond donors (Lipinski definition) is 3. The largest absolute Gasteiger partial charge is 0.369 e. The van der Waals surface area contributed by atoms with E-state index < -0.39 is 0 Å². The number of aromatic amines is 1. The Bertz CT molecular complexity index is 754. The van der Waals surface area contributed by atoms with Gasteiger partial charge in [-0.05, 0) is 31.0 Å². The molecule has 116 valence electrons. The van der Waals surface area contributed by atoms with E-state index in [-0.39, 0.29) is 17.5 Å². The molecule has 1 aromatic carbocycles. The third kappa shape index (κ3) is 4.33. The summed E-state index contributed by atoms with van der Waals surface area (Å²) in [4.78, 5) is 22.4. The quantitative estimate of drug-likeness (QED) is 0.596.